The Kier molecular flexibility index (Phi) is 1.58. The molecule has 4 N–H and O–H groups in total. The lowest BCUT2D eigenvalue weighted by molar-refractivity contribution is 0.632. The quantitative estimate of drug-likeness (QED) is 0.561. The number of nitrogens with two attached hydrogens (primary N) is 1. The molecule has 2 rings (SSSR count). The van der Waals surface area contributed by atoms with Gasteiger partial charge < -0.3 is 16.0 Å². The van der Waals surface area contributed by atoms with Gasteiger partial charge in [0.05, 0.1) is 0 Å². The van der Waals surface area contributed by atoms with E-state index in [0.29, 0.717) is 6.04 Å². The third kappa shape index (κ3) is 1.24. The standard InChI is InChI=1S/C8H13N3/c9-6-4-8(11-5-6)7-2-1-3-10-7/h4-5,7,10-11H,1-3,9H2/t7-/m0/s1. The molecular formula is C8H13N3. The van der Waals surface area contributed by atoms with Gasteiger partial charge in [-0.2, -0.15) is 0 Å². The van der Waals surface area contributed by atoms with Crippen LogP contribution >= 0.6 is 0 Å². The molecule has 0 bridgehead atoms. The minimum absolute atomic E-state index is 0.507. The summed E-state index contributed by atoms with van der Waals surface area (Å²) < 4.78 is 0. The molecule has 1 aliphatic heterocycles. The predicted octanol–water partition coefficient (Wildman–Crippen LogP) is 1.02. The van der Waals surface area contributed by atoms with Crippen LogP contribution in [0.15, 0.2) is 12.3 Å². The van der Waals surface area contributed by atoms with Gasteiger partial charge in [-0.05, 0) is 25.5 Å². The molecule has 1 atom stereocenters. The van der Waals surface area contributed by atoms with Crippen molar-refractivity contribution in [1.29, 1.82) is 0 Å². The Morgan fingerprint density at radius 1 is 1.55 bits per heavy atom. The lowest BCUT2D eigenvalue weighted by atomic mass is 10.2. The van der Waals surface area contributed by atoms with E-state index in [1.54, 1.807) is 0 Å². The van der Waals surface area contributed by atoms with Gasteiger partial charge in [0.1, 0.15) is 0 Å². The largest absolute Gasteiger partial charge is 0.397 e. The molecule has 0 spiro atoms. The lowest BCUT2D eigenvalue weighted by Crippen LogP contribution is -2.12. The van der Waals surface area contributed by atoms with Crippen LogP contribution < -0.4 is 11.1 Å². The molecule has 0 amide bonds. The summed E-state index contributed by atoms with van der Waals surface area (Å²) in [6, 6.07) is 2.51. The minimum atomic E-state index is 0.507. The van der Waals surface area contributed by atoms with E-state index in [-0.39, 0.29) is 0 Å². The summed E-state index contributed by atoms with van der Waals surface area (Å²) in [7, 11) is 0. The Hall–Kier alpha value is -0.960. The van der Waals surface area contributed by atoms with Crippen molar-refractivity contribution in [3.05, 3.63) is 18.0 Å². The molecule has 1 aromatic heterocycles. The normalized spacial score (nSPS) is 24.2. The van der Waals surface area contributed by atoms with Crippen molar-refractivity contribution in [1.82, 2.24) is 10.3 Å². The first kappa shape index (κ1) is 6.73. The molecular weight excluding hydrogens is 138 g/mol. The summed E-state index contributed by atoms with van der Waals surface area (Å²) in [6.45, 7) is 1.13. The zero-order valence-electron chi connectivity index (χ0n) is 6.43. The van der Waals surface area contributed by atoms with Gasteiger partial charge in [0.2, 0.25) is 0 Å². The van der Waals surface area contributed by atoms with E-state index in [2.05, 4.69) is 10.3 Å². The summed E-state index contributed by atoms with van der Waals surface area (Å²) >= 11 is 0. The summed E-state index contributed by atoms with van der Waals surface area (Å²) in [6.07, 6.45) is 4.33. The van der Waals surface area contributed by atoms with Crippen LogP contribution in [0.4, 0.5) is 5.69 Å². The number of rotatable bonds is 1. The number of aromatic nitrogens is 1. The first-order valence-corrected chi connectivity index (χ1v) is 4.03. The monoisotopic (exact) mass is 151 g/mol. The van der Waals surface area contributed by atoms with Crippen molar-refractivity contribution in [2.45, 2.75) is 18.9 Å². The number of hydrogen-bond donors (Lipinski definition) is 3. The highest BCUT2D eigenvalue weighted by Crippen LogP contribution is 2.22. The molecule has 0 radical (unpaired) electrons. The van der Waals surface area contributed by atoms with E-state index in [1.807, 2.05) is 12.3 Å². The number of anilines is 1. The van der Waals surface area contributed by atoms with E-state index in [1.165, 1.54) is 18.5 Å². The highest BCUT2D eigenvalue weighted by molar-refractivity contribution is 5.38. The van der Waals surface area contributed by atoms with E-state index in [9.17, 15) is 0 Å². The van der Waals surface area contributed by atoms with Crippen molar-refractivity contribution in [3.8, 4) is 0 Å². The fourth-order valence-electron chi connectivity index (χ4n) is 1.58. The second-order valence-electron chi connectivity index (χ2n) is 3.04. The van der Waals surface area contributed by atoms with Gasteiger partial charge in [-0.15, -0.1) is 0 Å². The van der Waals surface area contributed by atoms with Gasteiger partial charge in [-0.1, -0.05) is 0 Å². The Morgan fingerprint density at radius 3 is 3.00 bits per heavy atom. The third-order valence-electron chi connectivity index (χ3n) is 2.16. The maximum Gasteiger partial charge on any atom is 0.0495 e. The van der Waals surface area contributed by atoms with Gasteiger partial charge >= 0.3 is 0 Å². The third-order valence-corrected chi connectivity index (χ3v) is 2.16. The van der Waals surface area contributed by atoms with E-state index < -0.39 is 0 Å². The first-order valence-electron chi connectivity index (χ1n) is 4.03. The molecule has 0 aliphatic carbocycles. The van der Waals surface area contributed by atoms with Gasteiger partial charge in [0, 0.05) is 23.6 Å². The molecule has 0 aromatic carbocycles. The average molecular weight is 151 g/mol. The SMILES string of the molecule is Nc1c[nH]c([C@@H]2CCCN2)c1. The second kappa shape index (κ2) is 2.58. The van der Waals surface area contributed by atoms with Crippen LogP contribution in [-0.4, -0.2) is 11.5 Å². The average Bonchev–Trinajstić information content (AvgIpc) is 2.55. The zero-order chi connectivity index (χ0) is 7.68. The van der Waals surface area contributed by atoms with Crippen LogP contribution in [0.2, 0.25) is 0 Å². The number of hydrogen-bond acceptors (Lipinski definition) is 2. The molecule has 60 valence electrons. The molecule has 1 aromatic rings. The molecule has 2 heterocycles. The van der Waals surface area contributed by atoms with Crippen molar-refractivity contribution >= 4 is 5.69 Å². The molecule has 3 nitrogen and oxygen atoms in total. The summed E-state index contributed by atoms with van der Waals surface area (Å²) in [5, 5.41) is 3.40. The zero-order valence-corrected chi connectivity index (χ0v) is 6.43. The number of aromatic amines is 1. The molecule has 11 heavy (non-hydrogen) atoms. The highest BCUT2D eigenvalue weighted by atomic mass is 15.0. The van der Waals surface area contributed by atoms with Gasteiger partial charge in [-0.25, -0.2) is 0 Å². The van der Waals surface area contributed by atoms with Crippen LogP contribution in [0.1, 0.15) is 24.6 Å². The van der Waals surface area contributed by atoms with Crippen LogP contribution in [0, 0.1) is 0 Å². The molecule has 1 saturated heterocycles. The smallest absolute Gasteiger partial charge is 0.0495 e. The molecule has 3 heteroatoms. The van der Waals surface area contributed by atoms with Crippen molar-refractivity contribution in [2.24, 2.45) is 0 Å². The van der Waals surface area contributed by atoms with Crippen LogP contribution in [0.25, 0.3) is 0 Å². The summed E-state index contributed by atoms with van der Waals surface area (Å²) in [4.78, 5) is 3.16. The van der Waals surface area contributed by atoms with Gasteiger partial charge in [0.15, 0.2) is 0 Å². The molecule has 0 saturated carbocycles. The Labute approximate surface area is 66.0 Å². The van der Waals surface area contributed by atoms with E-state index in [4.69, 9.17) is 5.73 Å². The number of nitrogens with one attached hydrogen (secondary N) is 2. The molecule has 0 unspecified atom stereocenters. The van der Waals surface area contributed by atoms with E-state index >= 15 is 0 Å². The maximum atomic E-state index is 5.59. The topological polar surface area (TPSA) is 53.8 Å². The summed E-state index contributed by atoms with van der Waals surface area (Å²) in [5.41, 5.74) is 7.64. The molecule has 1 aliphatic rings. The fraction of sp³-hybridized carbons (Fsp3) is 0.500. The van der Waals surface area contributed by atoms with Crippen LogP contribution in [0.3, 0.4) is 0 Å². The van der Waals surface area contributed by atoms with Crippen molar-refractivity contribution in [2.75, 3.05) is 12.3 Å². The van der Waals surface area contributed by atoms with Gasteiger partial charge in [-0.3, -0.25) is 0 Å². The molecule has 1 fully saturated rings. The van der Waals surface area contributed by atoms with Gasteiger partial charge in [0.25, 0.3) is 0 Å². The predicted molar refractivity (Wildman–Crippen MR) is 45.2 cm³/mol. The number of H-pyrrole nitrogens is 1. The Morgan fingerprint density at radius 2 is 2.45 bits per heavy atom. The fourth-order valence-corrected chi connectivity index (χ4v) is 1.58. The second-order valence-corrected chi connectivity index (χ2v) is 3.04. The Balaban J connectivity index is 2.15. The highest BCUT2D eigenvalue weighted by Gasteiger charge is 2.16. The number of nitrogen functional groups attached to an aromatic ring is 1. The van der Waals surface area contributed by atoms with Crippen molar-refractivity contribution in [3.63, 3.8) is 0 Å². The van der Waals surface area contributed by atoms with Crippen LogP contribution in [-0.2, 0) is 0 Å². The summed E-state index contributed by atoms with van der Waals surface area (Å²) in [5.74, 6) is 0. The lowest BCUT2D eigenvalue weighted by Gasteiger charge is -2.05. The first-order chi connectivity index (χ1) is 5.36. The van der Waals surface area contributed by atoms with Crippen LogP contribution in [0.5, 0.6) is 0 Å². The van der Waals surface area contributed by atoms with Crippen molar-refractivity contribution < 1.29 is 0 Å². The van der Waals surface area contributed by atoms with E-state index in [0.717, 1.165) is 12.2 Å². The Bertz CT molecular complexity index is 235. The maximum absolute atomic E-state index is 5.59. The minimum Gasteiger partial charge on any atom is -0.397 e.